The lowest BCUT2D eigenvalue weighted by atomic mass is 9.80. The summed E-state index contributed by atoms with van der Waals surface area (Å²) in [5.41, 5.74) is 0.901. The maximum atomic E-state index is 11.4. The number of hydrogen-bond acceptors (Lipinski definition) is 4. The summed E-state index contributed by atoms with van der Waals surface area (Å²) in [5, 5.41) is 10.8. The van der Waals surface area contributed by atoms with E-state index in [4.69, 9.17) is 4.74 Å². The molecular weight excluding hydrogens is 266 g/mol. The molecule has 2 aliphatic rings. The van der Waals surface area contributed by atoms with Crippen LogP contribution in [0.15, 0.2) is 30.3 Å². The Morgan fingerprint density at radius 1 is 1.33 bits per heavy atom. The molecule has 0 saturated carbocycles. The summed E-state index contributed by atoms with van der Waals surface area (Å²) >= 11 is 0. The van der Waals surface area contributed by atoms with Crippen LogP contribution in [-0.4, -0.2) is 41.2 Å². The van der Waals surface area contributed by atoms with Gasteiger partial charge in [-0.1, -0.05) is 30.3 Å². The smallest absolute Gasteiger partial charge is 0.302 e. The number of aliphatic hydroxyl groups excluding tert-OH is 1. The van der Waals surface area contributed by atoms with Crippen molar-refractivity contribution in [1.29, 1.82) is 0 Å². The topological polar surface area (TPSA) is 49.8 Å². The van der Waals surface area contributed by atoms with Crippen molar-refractivity contribution in [2.24, 2.45) is 5.92 Å². The highest BCUT2D eigenvalue weighted by Crippen LogP contribution is 2.44. The number of hydrogen-bond donors (Lipinski definition) is 1. The Morgan fingerprint density at radius 3 is 2.71 bits per heavy atom. The zero-order chi connectivity index (χ0) is 15.0. The third-order valence-electron chi connectivity index (χ3n) is 5.10. The fourth-order valence-corrected chi connectivity index (χ4v) is 4.09. The average Bonchev–Trinajstić information content (AvgIpc) is 2.71. The monoisotopic (exact) mass is 289 g/mol. The fraction of sp³-hybridized carbons (Fsp3) is 0.588. The third-order valence-corrected chi connectivity index (χ3v) is 5.10. The molecule has 2 fully saturated rings. The van der Waals surface area contributed by atoms with Gasteiger partial charge in [0.05, 0.1) is 6.10 Å². The highest BCUT2D eigenvalue weighted by molar-refractivity contribution is 5.66. The van der Waals surface area contributed by atoms with Crippen LogP contribution >= 0.6 is 0 Å². The van der Waals surface area contributed by atoms with E-state index in [-0.39, 0.29) is 24.0 Å². The molecule has 0 aromatic heterocycles. The lowest BCUT2D eigenvalue weighted by molar-refractivity contribution is -0.159. The van der Waals surface area contributed by atoms with Crippen LogP contribution < -0.4 is 0 Å². The molecule has 2 heterocycles. The Kier molecular flexibility index (Phi) is 4.00. The van der Waals surface area contributed by atoms with Gasteiger partial charge < -0.3 is 9.84 Å². The van der Waals surface area contributed by atoms with E-state index in [1.165, 1.54) is 6.92 Å². The van der Waals surface area contributed by atoms with Gasteiger partial charge in [0.1, 0.15) is 6.10 Å². The molecule has 0 spiro atoms. The van der Waals surface area contributed by atoms with Gasteiger partial charge in [0.25, 0.3) is 0 Å². The van der Waals surface area contributed by atoms with Gasteiger partial charge in [-0.05, 0) is 25.5 Å². The minimum absolute atomic E-state index is 0.0555. The molecule has 21 heavy (non-hydrogen) atoms. The highest BCUT2D eigenvalue weighted by atomic mass is 16.5. The van der Waals surface area contributed by atoms with Gasteiger partial charge >= 0.3 is 5.97 Å². The third kappa shape index (κ3) is 2.70. The van der Waals surface area contributed by atoms with Crippen molar-refractivity contribution < 1.29 is 14.6 Å². The first-order valence-corrected chi connectivity index (χ1v) is 7.70. The number of aliphatic hydroxyl groups is 1. The number of carbonyl (C=O) groups excluding carboxylic acids is 1. The molecule has 1 aromatic rings. The highest BCUT2D eigenvalue weighted by Gasteiger charge is 2.49. The van der Waals surface area contributed by atoms with Crippen LogP contribution in [0.2, 0.25) is 0 Å². The second-order valence-electron chi connectivity index (χ2n) is 6.28. The summed E-state index contributed by atoms with van der Waals surface area (Å²) < 4.78 is 5.55. The average molecular weight is 289 g/mol. The van der Waals surface area contributed by atoms with Gasteiger partial charge in [-0.25, -0.2) is 0 Å². The molecule has 1 N–H and O–H groups in total. The maximum Gasteiger partial charge on any atom is 0.302 e. The predicted octanol–water partition coefficient (Wildman–Crippen LogP) is 2.13. The van der Waals surface area contributed by atoms with E-state index in [9.17, 15) is 9.90 Å². The number of nitrogens with zero attached hydrogens (tertiary/aromatic N) is 1. The minimum atomic E-state index is -0.595. The van der Waals surface area contributed by atoms with Crippen molar-refractivity contribution in [3.05, 3.63) is 35.9 Å². The van der Waals surface area contributed by atoms with E-state index in [1.54, 1.807) is 0 Å². The van der Waals surface area contributed by atoms with Crippen LogP contribution in [0.3, 0.4) is 0 Å². The standard InChI is InChI=1S/C17H23NO3/c1-11(19)21-15-10-13-8-9-14(18(13)2)16(15)17(20)12-6-4-3-5-7-12/h3-7,13-17,20H,8-10H2,1-2H3/t13-,14+,15+,16-,17-/m0/s1. The number of benzene rings is 1. The number of carbonyl (C=O) groups is 1. The van der Waals surface area contributed by atoms with Crippen molar-refractivity contribution in [2.75, 3.05) is 7.05 Å². The van der Waals surface area contributed by atoms with Crippen LogP contribution in [0.4, 0.5) is 0 Å². The van der Waals surface area contributed by atoms with Crippen LogP contribution in [0.5, 0.6) is 0 Å². The summed E-state index contributed by atoms with van der Waals surface area (Å²) in [5.74, 6) is -0.311. The molecule has 2 saturated heterocycles. The lowest BCUT2D eigenvalue weighted by Gasteiger charge is -2.44. The number of ether oxygens (including phenoxy) is 1. The van der Waals surface area contributed by atoms with Gasteiger partial charge in [-0.2, -0.15) is 0 Å². The Hall–Kier alpha value is -1.39. The number of esters is 1. The normalized spacial score (nSPS) is 33.7. The molecule has 0 aliphatic carbocycles. The number of piperidine rings is 1. The first-order valence-electron chi connectivity index (χ1n) is 7.70. The zero-order valence-electron chi connectivity index (χ0n) is 12.6. The summed E-state index contributed by atoms with van der Waals surface area (Å²) in [6.45, 7) is 1.45. The summed E-state index contributed by atoms with van der Waals surface area (Å²) in [6.07, 6.45) is 2.22. The fourth-order valence-electron chi connectivity index (χ4n) is 4.09. The van der Waals surface area contributed by atoms with Crippen LogP contribution in [0.1, 0.15) is 37.9 Å². The molecule has 0 unspecified atom stereocenters. The lowest BCUT2D eigenvalue weighted by Crippen LogP contribution is -2.52. The summed E-state index contributed by atoms with van der Waals surface area (Å²) in [6, 6.07) is 10.4. The summed E-state index contributed by atoms with van der Waals surface area (Å²) in [4.78, 5) is 13.8. The van der Waals surface area contributed by atoms with Gasteiger partial charge in [0, 0.05) is 31.3 Å². The van der Waals surface area contributed by atoms with E-state index in [1.807, 2.05) is 30.3 Å². The first kappa shape index (κ1) is 14.5. The summed E-state index contributed by atoms with van der Waals surface area (Å²) in [7, 11) is 2.12. The maximum absolute atomic E-state index is 11.4. The Labute approximate surface area is 125 Å². The van der Waals surface area contributed by atoms with Crippen molar-refractivity contribution in [1.82, 2.24) is 4.90 Å². The van der Waals surface area contributed by atoms with E-state index >= 15 is 0 Å². The molecule has 114 valence electrons. The SMILES string of the molecule is CC(=O)O[C@@H]1C[C@@H]2CC[C@H]([C@@H]1[C@@H](O)c1ccccc1)N2C. The molecule has 5 atom stereocenters. The predicted molar refractivity (Wildman–Crippen MR) is 79.6 cm³/mol. The van der Waals surface area contributed by atoms with Crippen LogP contribution in [0, 0.1) is 5.92 Å². The quantitative estimate of drug-likeness (QED) is 0.866. The largest absolute Gasteiger partial charge is 0.462 e. The van der Waals surface area contributed by atoms with E-state index in [2.05, 4.69) is 11.9 Å². The Morgan fingerprint density at radius 2 is 2.05 bits per heavy atom. The number of fused-ring (bicyclic) bond motifs is 2. The molecule has 2 bridgehead atoms. The van der Waals surface area contributed by atoms with Crippen LogP contribution in [-0.2, 0) is 9.53 Å². The van der Waals surface area contributed by atoms with Crippen molar-refractivity contribution in [3.63, 3.8) is 0 Å². The zero-order valence-corrected chi connectivity index (χ0v) is 12.6. The first-order chi connectivity index (χ1) is 10.1. The molecule has 1 aromatic carbocycles. The van der Waals surface area contributed by atoms with Crippen molar-refractivity contribution in [3.8, 4) is 0 Å². The second kappa shape index (κ2) is 5.78. The molecule has 4 heteroatoms. The van der Waals surface area contributed by atoms with E-state index in [0.717, 1.165) is 24.8 Å². The van der Waals surface area contributed by atoms with Gasteiger partial charge in [0.15, 0.2) is 0 Å². The van der Waals surface area contributed by atoms with E-state index < -0.39 is 6.10 Å². The molecule has 3 rings (SSSR count). The Balaban J connectivity index is 1.88. The van der Waals surface area contributed by atoms with Crippen molar-refractivity contribution in [2.45, 2.75) is 50.5 Å². The van der Waals surface area contributed by atoms with Crippen LogP contribution in [0.25, 0.3) is 0 Å². The molecule has 4 nitrogen and oxygen atoms in total. The molecule has 0 amide bonds. The number of rotatable bonds is 3. The van der Waals surface area contributed by atoms with Crippen molar-refractivity contribution >= 4 is 5.97 Å². The van der Waals surface area contributed by atoms with Gasteiger partial charge in [-0.15, -0.1) is 0 Å². The molecule has 2 aliphatic heterocycles. The second-order valence-corrected chi connectivity index (χ2v) is 6.28. The van der Waals surface area contributed by atoms with Gasteiger partial charge in [0.2, 0.25) is 0 Å². The minimum Gasteiger partial charge on any atom is -0.462 e. The van der Waals surface area contributed by atoms with E-state index in [0.29, 0.717) is 6.04 Å². The van der Waals surface area contributed by atoms with Gasteiger partial charge in [-0.3, -0.25) is 9.69 Å². The Bertz CT molecular complexity index is 504. The molecular formula is C17H23NO3. The molecule has 0 radical (unpaired) electrons.